The third kappa shape index (κ3) is 4.97. The van der Waals surface area contributed by atoms with Gasteiger partial charge >= 0.3 is 0 Å². The van der Waals surface area contributed by atoms with Crippen molar-refractivity contribution in [2.24, 2.45) is 11.7 Å². The Morgan fingerprint density at radius 2 is 2.12 bits per heavy atom. The van der Waals surface area contributed by atoms with Gasteiger partial charge in [0.15, 0.2) is 0 Å². The first-order chi connectivity index (χ1) is 8.15. The molecule has 0 spiro atoms. The van der Waals surface area contributed by atoms with Gasteiger partial charge in [-0.25, -0.2) is 0 Å². The molecule has 0 aliphatic heterocycles. The van der Waals surface area contributed by atoms with Gasteiger partial charge in [-0.2, -0.15) is 0 Å². The van der Waals surface area contributed by atoms with Crippen molar-refractivity contribution in [1.82, 2.24) is 0 Å². The molecule has 0 amide bonds. The standard InChI is InChI=1S/C14H22ClNO/c1-11(2)5-4-10-17-14-7-3-6-13(15)12(14)8-9-16/h3,6-7,11H,4-5,8-10,16H2,1-2H3. The van der Waals surface area contributed by atoms with Gasteiger partial charge in [0.2, 0.25) is 0 Å². The molecule has 1 aromatic carbocycles. The highest BCUT2D eigenvalue weighted by Crippen LogP contribution is 2.26. The van der Waals surface area contributed by atoms with Gasteiger partial charge in [-0.15, -0.1) is 0 Å². The normalized spacial score (nSPS) is 10.9. The molecule has 1 aromatic rings. The number of benzene rings is 1. The third-order valence-corrected chi connectivity index (χ3v) is 3.01. The lowest BCUT2D eigenvalue weighted by Crippen LogP contribution is -2.07. The summed E-state index contributed by atoms with van der Waals surface area (Å²) in [5.41, 5.74) is 6.61. The SMILES string of the molecule is CC(C)CCCOc1cccc(Cl)c1CCN. The topological polar surface area (TPSA) is 35.2 Å². The largest absolute Gasteiger partial charge is 0.493 e. The van der Waals surface area contributed by atoms with Crippen LogP contribution < -0.4 is 10.5 Å². The van der Waals surface area contributed by atoms with Gasteiger partial charge in [-0.1, -0.05) is 31.5 Å². The number of hydrogen-bond donors (Lipinski definition) is 1. The highest BCUT2D eigenvalue weighted by molar-refractivity contribution is 6.31. The van der Waals surface area contributed by atoms with E-state index < -0.39 is 0 Å². The molecule has 0 saturated carbocycles. The molecule has 0 radical (unpaired) electrons. The molecule has 0 fully saturated rings. The predicted octanol–water partition coefficient (Wildman–Crippen LogP) is 3.66. The fourth-order valence-electron chi connectivity index (χ4n) is 1.73. The van der Waals surface area contributed by atoms with Crippen LogP contribution in [0.25, 0.3) is 0 Å². The van der Waals surface area contributed by atoms with Gasteiger partial charge in [0.25, 0.3) is 0 Å². The molecule has 2 N–H and O–H groups in total. The van der Waals surface area contributed by atoms with Crippen LogP contribution in [0.1, 0.15) is 32.3 Å². The van der Waals surface area contributed by atoms with Crippen LogP contribution in [0.2, 0.25) is 5.02 Å². The van der Waals surface area contributed by atoms with Crippen molar-refractivity contribution in [3.8, 4) is 5.75 Å². The molecule has 0 aromatic heterocycles. The van der Waals surface area contributed by atoms with Gasteiger partial charge in [0.1, 0.15) is 5.75 Å². The summed E-state index contributed by atoms with van der Waals surface area (Å²) in [7, 11) is 0. The van der Waals surface area contributed by atoms with E-state index in [1.807, 2.05) is 18.2 Å². The van der Waals surface area contributed by atoms with E-state index in [2.05, 4.69) is 13.8 Å². The monoisotopic (exact) mass is 255 g/mol. The summed E-state index contributed by atoms with van der Waals surface area (Å²) in [5.74, 6) is 1.60. The molecule has 2 nitrogen and oxygen atoms in total. The minimum absolute atomic E-state index is 0.589. The van der Waals surface area contributed by atoms with E-state index in [0.29, 0.717) is 6.54 Å². The van der Waals surface area contributed by atoms with Crippen LogP contribution in [0.3, 0.4) is 0 Å². The molecule has 0 bridgehead atoms. The molecular weight excluding hydrogens is 234 g/mol. The van der Waals surface area contributed by atoms with E-state index in [1.54, 1.807) is 0 Å². The summed E-state index contributed by atoms with van der Waals surface area (Å²) in [6.45, 7) is 5.78. The quantitative estimate of drug-likeness (QED) is 0.755. The fraction of sp³-hybridized carbons (Fsp3) is 0.571. The Kier molecular flexibility index (Phi) is 6.38. The molecule has 0 aliphatic carbocycles. The smallest absolute Gasteiger partial charge is 0.124 e. The Hall–Kier alpha value is -0.730. The molecule has 96 valence electrons. The first-order valence-electron chi connectivity index (χ1n) is 6.25. The lowest BCUT2D eigenvalue weighted by atomic mass is 10.1. The van der Waals surface area contributed by atoms with E-state index in [4.69, 9.17) is 22.1 Å². The van der Waals surface area contributed by atoms with Gasteiger partial charge in [0, 0.05) is 10.6 Å². The molecule has 1 rings (SSSR count). The first kappa shape index (κ1) is 14.3. The average molecular weight is 256 g/mol. The van der Waals surface area contributed by atoms with Crippen LogP contribution in [0.4, 0.5) is 0 Å². The zero-order chi connectivity index (χ0) is 12.7. The van der Waals surface area contributed by atoms with Gasteiger partial charge in [-0.3, -0.25) is 0 Å². The Balaban J connectivity index is 2.54. The van der Waals surface area contributed by atoms with Crippen LogP contribution in [0, 0.1) is 5.92 Å². The zero-order valence-corrected chi connectivity index (χ0v) is 11.5. The molecule has 0 heterocycles. The van der Waals surface area contributed by atoms with E-state index >= 15 is 0 Å². The van der Waals surface area contributed by atoms with E-state index in [0.717, 1.165) is 41.7 Å². The summed E-state index contributed by atoms with van der Waals surface area (Å²) in [4.78, 5) is 0. The molecule has 17 heavy (non-hydrogen) atoms. The average Bonchev–Trinajstić information content (AvgIpc) is 2.28. The first-order valence-corrected chi connectivity index (χ1v) is 6.63. The lowest BCUT2D eigenvalue weighted by molar-refractivity contribution is 0.295. The maximum atomic E-state index is 6.14. The summed E-state index contributed by atoms with van der Waals surface area (Å²) in [6, 6.07) is 5.76. The fourth-order valence-corrected chi connectivity index (χ4v) is 2.00. The predicted molar refractivity (Wildman–Crippen MR) is 73.8 cm³/mol. The number of halogens is 1. The molecule has 0 atom stereocenters. The van der Waals surface area contributed by atoms with Crippen molar-refractivity contribution in [3.63, 3.8) is 0 Å². The minimum atomic E-state index is 0.589. The third-order valence-electron chi connectivity index (χ3n) is 2.65. The molecule has 0 aliphatic rings. The molecule has 3 heteroatoms. The highest BCUT2D eigenvalue weighted by atomic mass is 35.5. The lowest BCUT2D eigenvalue weighted by Gasteiger charge is -2.13. The Morgan fingerprint density at radius 3 is 2.76 bits per heavy atom. The molecule has 0 unspecified atom stereocenters. The summed E-state index contributed by atoms with van der Waals surface area (Å²) >= 11 is 6.14. The second-order valence-electron chi connectivity index (χ2n) is 4.64. The number of nitrogens with two attached hydrogens (primary N) is 1. The Labute approximate surface area is 109 Å². The van der Waals surface area contributed by atoms with Gasteiger partial charge in [-0.05, 0) is 43.9 Å². The minimum Gasteiger partial charge on any atom is -0.493 e. The second kappa shape index (κ2) is 7.57. The van der Waals surface area contributed by atoms with E-state index in [9.17, 15) is 0 Å². The van der Waals surface area contributed by atoms with Crippen molar-refractivity contribution >= 4 is 11.6 Å². The van der Waals surface area contributed by atoms with Crippen molar-refractivity contribution in [2.45, 2.75) is 33.1 Å². The van der Waals surface area contributed by atoms with Gasteiger partial charge in [0.05, 0.1) is 6.61 Å². The van der Waals surface area contributed by atoms with Crippen LogP contribution in [0.5, 0.6) is 5.75 Å². The maximum absolute atomic E-state index is 6.14. The van der Waals surface area contributed by atoms with Crippen molar-refractivity contribution in [1.29, 1.82) is 0 Å². The second-order valence-corrected chi connectivity index (χ2v) is 5.05. The van der Waals surface area contributed by atoms with Crippen molar-refractivity contribution in [2.75, 3.05) is 13.2 Å². The molecule has 0 saturated heterocycles. The maximum Gasteiger partial charge on any atom is 0.124 e. The number of ether oxygens (including phenoxy) is 1. The number of rotatable bonds is 7. The summed E-state index contributed by atoms with van der Waals surface area (Å²) in [6.07, 6.45) is 3.03. The van der Waals surface area contributed by atoms with Crippen LogP contribution in [-0.4, -0.2) is 13.2 Å². The van der Waals surface area contributed by atoms with Crippen LogP contribution in [-0.2, 0) is 6.42 Å². The zero-order valence-electron chi connectivity index (χ0n) is 10.7. The van der Waals surface area contributed by atoms with Crippen molar-refractivity contribution < 1.29 is 4.74 Å². The van der Waals surface area contributed by atoms with E-state index in [-0.39, 0.29) is 0 Å². The van der Waals surface area contributed by atoms with Crippen LogP contribution in [0.15, 0.2) is 18.2 Å². The Morgan fingerprint density at radius 1 is 1.35 bits per heavy atom. The molecular formula is C14H22ClNO. The number of hydrogen-bond acceptors (Lipinski definition) is 2. The summed E-state index contributed by atoms with van der Waals surface area (Å²) < 4.78 is 5.78. The van der Waals surface area contributed by atoms with Crippen LogP contribution >= 0.6 is 11.6 Å². The highest BCUT2D eigenvalue weighted by Gasteiger charge is 2.07. The van der Waals surface area contributed by atoms with E-state index in [1.165, 1.54) is 6.42 Å². The Bertz CT molecular complexity index is 339. The van der Waals surface area contributed by atoms with Crippen molar-refractivity contribution in [3.05, 3.63) is 28.8 Å². The summed E-state index contributed by atoms with van der Waals surface area (Å²) in [5, 5.41) is 0.747. The van der Waals surface area contributed by atoms with Gasteiger partial charge < -0.3 is 10.5 Å².